The topological polar surface area (TPSA) is 62.7 Å². The third-order valence-electron chi connectivity index (χ3n) is 3.24. The van der Waals surface area contributed by atoms with Crippen molar-refractivity contribution in [2.45, 2.75) is 18.6 Å². The fourth-order valence-electron chi connectivity index (χ4n) is 2.11. The van der Waals surface area contributed by atoms with E-state index in [0.717, 1.165) is 16.3 Å². The zero-order valence-corrected chi connectivity index (χ0v) is 9.25. The lowest BCUT2D eigenvalue weighted by molar-refractivity contribution is -0.138. The number of aromatic nitrogens is 1. The van der Waals surface area contributed by atoms with E-state index in [2.05, 4.69) is 4.98 Å². The van der Waals surface area contributed by atoms with Gasteiger partial charge >= 0.3 is 5.97 Å². The molecule has 0 radical (unpaired) electrons. The predicted molar refractivity (Wildman–Crippen MR) is 61.6 cm³/mol. The van der Waals surface area contributed by atoms with Crippen LogP contribution in [0, 0.1) is 0 Å². The lowest BCUT2D eigenvalue weighted by Crippen LogP contribution is -2.15. The van der Waals surface area contributed by atoms with E-state index in [-0.39, 0.29) is 0 Å². The van der Waals surface area contributed by atoms with Crippen molar-refractivity contribution in [3.8, 4) is 0 Å². The second kappa shape index (κ2) is 3.28. The van der Waals surface area contributed by atoms with Crippen molar-refractivity contribution in [3.05, 3.63) is 42.2 Å². The van der Waals surface area contributed by atoms with E-state index in [4.69, 9.17) is 9.84 Å². The molecule has 4 nitrogen and oxygen atoms in total. The van der Waals surface area contributed by atoms with Gasteiger partial charge in [-0.15, -0.1) is 0 Å². The van der Waals surface area contributed by atoms with Crippen LogP contribution in [0.25, 0.3) is 10.8 Å². The summed E-state index contributed by atoms with van der Waals surface area (Å²) in [5.74, 6) is -0.918. The quantitative estimate of drug-likeness (QED) is 0.799. The highest BCUT2D eigenvalue weighted by molar-refractivity contribution is 5.83. The summed E-state index contributed by atoms with van der Waals surface area (Å²) in [6.45, 7) is 1.79. The summed E-state index contributed by atoms with van der Waals surface area (Å²) in [6.07, 6.45) is 2.76. The maximum atomic E-state index is 10.9. The Hall–Kier alpha value is -1.94. The van der Waals surface area contributed by atoms with Gasteiger partial charge in [0, 0.05) is 17.8 Å². The standard InChI is InChI=1S/C13H11NO3/c1-13(11(17-13)12(15)16)10-3-2-8-4-5-14-7-9(8)6-10/h2-7,11H,1H3,(H,15,16). The molecule has 0 bridgehead atoms. The lowest BCUT2D eigenvalue weighted by atomic mass is 9.95. The van der Waals surface area contributed by atoms with Crippen molar-refractivity contribution >= 4 is 16.7 Å². The first kappa shape index (κ1) is 10.2. The number of rotatable bonds is 2. The Balaban J connectivity index is 2.05. The van der Waals surface area contributed by atoms with E-state index in [1.54, 1.807) is 19.3 Å². The summed E-state index contributed by atoms with van der Waals surface area (Å²) in [4.78, 5) is 14.9. The Morgan fingerprint density at radius 2 is 2.24 bits per heavy atom. The van der Waals surface area contributed by atoms with Gasteiger partial charge in [0.1, 0.15) is 5.60 Å². The van der Waals surface area contributed by atoms with Gasteiger partial charge in [0.25, 0.3) is 0 Å². The van der Waals surface area contributed by atoms with Crippen LogP contribution in [0.3, 0.4) is 0 Å². The van der Waals surface area contributed by atoms with Gasteiger partial charge in [-0.2, -0.15) is 0 Å². The van der Waals surface area contributed by atoms with Crippen LogP contribution < -0.4 is 0 Å². The van der Waals surface area contributed by atoms with Crippen molar-refractivity contribution in [1.29, 1.82) is 0 Å². The number of carbonyl (C=O) groups is 1. The normalized spacial score (nSPS) is 27.0. The Labute approximate surface area is 97.9 Å². The van der Waals surface area contributed by atoms with Gasteiger partial charge in [-0.1, -0.05) is 12.1 Å². The number of pyridine rings is 1. The van der Waals surface area contributed by atoms with E-state index < -0.39 is 17.7 Å². The number of fused-ring (bicyclic) bond motifs is 1. The van der Waals surface area contributed by atoms with Crippen LogP contribution in [0.2, 0.25) is 0 Å². The molecule has 1 saturated heterocycles. The van der Waals surface area contributed by atoms with E-state index in [1.807, 2.05) is 24.3 Å². The van der Waals surface area contributed by atoms with Gasteiger partial charge in [-0.3, -0.25) is 4.98 Å². The number of epoxide rings is 1. The largest absolute Gasteiger partial charge is 0.479 e. The highest BCUT2D eigenvalue weighted by Gasteiger charge is 2.58. The minimum Gasteiger partial charge on any atom is -0.479 e. The van der Waals surface area contributed by atoms with Gasteiger partial charge < -0.3 is 9.84 Å². The van der Waals surface area contributed by atoms with E-state index in [9.17, 15) is 4.79 Å². The van der Waals surface area contributed by atoms with E-state index in [1.165, 1.54) is 0 Å². The van der Waals surface area contributed by atoms with Crippen molar-refractivity contribution in [3.63, 3.8) is 0 Å². The number of benzene rings is 1. The van der Waals surface area contributed by atoms with Crippen molar-refractivity contribution in [2.24, 2.45) is 0 Å². The average Bonchev–Trinajstić information content (AvgIpc) is 3.03. The second-order valence-electron chi connectivity index (χ2n) is 4.38. The molecule has 4 heteroatoms. The molecule has 2 aromatic rings. The van der Waals surface area contributed by atoms with Crippen LogP contribution >= 0.6 is 0 Å². The molecule has 3 rings (SSSR count). The van der Waals surface area contributed by atoms with Crippen LogP contribution in [0.5, 0.6) is 0 Å². The van der Waals surface area contributed by atoms with Gasteiger partial charge in [0.2, 0.25) is 0 Å². The third kappa shape index (κ3) is 1.49. The summed E-state index contributed by atoms with van der Waals surface area (Å²) in [5, 5.41) is 11.0. The molecule has 1 N–H and O–H groups in total. The second-order valence-corrected chi connectivity index (χ2v) is 4.38. The molecule has 86 valence electrons. The van der Waals surface area contributed by atoms with Crippen molar-refractivity contribution < 1.29 is 14.6 Å². The molecule has 1 aromatic carbocycles. The first-order chi connectivity index (χ1) is 8.11. The molecular formula is C13H11NO3. The smallest absolute Gasteiger partial charge is 0.336 e. The van der Waals surface area contributed by atoms with Crippen molar-refractivity contribution in [1.82, 2.24) is 4.98 Å². The maximum absolute atomic E-state index is 10.9. The van der Waals surface area contributed by atoms with Gasteiger partial charge in [0.05, 0.1) is 0 Å². The monoisotopic (exact) mass is 229 g/mol. The van der Waals surface area contributed by atoms with E-state index in [0.29, 0.717) is 0 Å². The first-order valence-electron chi connectivity index (χ1n) is 5.36. The summed E-state index contributed by atoms with van der Waals surface area (Å²) < 4.78 is 5.28. The number of nitrogens with zero attached hydrogens (tertiary/aromatic N) is 1. The van der Waals surface area contributed by atoms with Crippen molar-refractivity contribution in [2.75, 3.05) is 0 Å². The summed E-state index contributed by atoms with van der Waals surface area (Å²) in [5.41, 5.74) is 0.181. The van der Waals surface area contributed by atoms with Crippen LogP contribution in [-0.2, 0) is 15.1 Å². The van der Waals surface area contributed by atoms with Crippen LogP contribution in [0.4, 0.5) is 0 Å². The fourth-order valence-corrected chi connectivity index (χ4v) is 2.11. The molecule has 1 fully saturated rings. The number of aliphatic carboxylic acids is 1. The Bertz CT molecular complexity index is 610. The van der Waals surface area contributed by atoms with Gasteiger partial charge in [-0.05, 0) is 30.0 Å². The molecule has 17 heavy (non-hydrogen) atoms. The molecule has 0 amide bonds. The number of carboxylic acids is 1. The highest BCUT2D eigenvalue weighted by Crippen LogP contribution is 2.46. The molecule has 2 heterocycles. The highest BCUT2D eigenvalue weighted by atomic mass is 16.6. The zero-order valence-electron chi connectivity index (χ0n) is 9.25. The Kier molecular flexibility index (Phi) is 1.97. The molecule has 2 unspecified atom stereocenters. The van der Waals surface area contributed by atoms with Gasteiger partial charge in [-0.25, -0.2) is 4.79 Å². The molecule has 0 aliphatic carbocycles. The van der Waals surface area contributed by atoms with Crippen LogP contribution in [0.15, 0.2) is 36.7 Å². The first-order valence-corrected chi connectivity index (χ1v) is 5.36. The fraction of sp³-hybridized carbons (Fsp3) is 0.231. The minimum atomic E-state index is -0.918. The Morgan fingerprint density at radius 1 is 1.41 bits per heavy atom. The maximum Gasteiger partial charge on any atom is 0.336 e. The number of hydrogen-bond acceptors (Lipinski definition) is 3. The molecular weight excluding hydrogens is 218 g/mol. The number of ether oxygens (including phenoxy) is 1. The Morgan fingerprint density at radius 3 is 2.94 bits per heavy atom. The van der Waals surface area contributed by atoms with Crippen LogP contribution in [-0.4, -0.2) is 22.2 Å². The molecule has 2 atom stereocenters. The molecule has 0 saturated carbocycles. The molecule has 0 spiro atoms. The summed E-state index contributed by atoms with van der Waals surface area (Å²) >= 11 is 0. The zero-order chi connectivity index (χ0) is 12.0. The van der Waals surface area contributed by atoms with Gasteiger partial charge in [0.15, 0.2) is 6.10 Å². The van der Waals surface area contributed by atoms with E-state index >= 15 is 0 Å². The number of hydrogen-bond donors (Lipinski definition) is 1. The summed E-state index contributed by atoms with van der Waals surface area (Å²) in [7, 11) is 0. The lowest BCUT2D eigenvalue weighted by Gasteiger charge is -2.07. The molecule has 1 aromatic heterocycles. The minimum absolute atomic E-state index is 0.699. The average molecular weight is 229 g/mol. The SMILES string of the molecule is CC1(c2ccc3ccncc3c2)OC1C(=O)O. The predicted octanol–water partition coefficient (Wildman–Crippen LogP) is 1.93. The van der Waals surface area contributed by atoms with Crippen LogP contribution in [0.1, 0.15) is 12.5 Å². The molecule has 1 aliphatic rings. The number of carboxylic acid groups (broad SMARTS) is 1. The molecule has 1 aliphatic heterocycles. The third-order valence-corrected chi connectivity index (χ3v) is 3.24. The summed E-state index contributed by atoms with van der Waals surface area (Å²) in [6, 6.07) is 7.72.